The second-order valence-electron chi connectivity index (χ2n) is 9.19. The molecule has 36 heavy (non-hydrogen) atoms. The fourth-order valence-electron chi connectivity index (χ4n) is 4.99. The topological polar surface area (TPSA) is 65.6 Å². The molecule has 0 amide bonds. The second kappa shape index (κ2) is 8.05. The predicted molar refractivity (Wildman–Crippen MR) is 141 cm³/mol. The van der Waals surface area contributed by atoms with Crippen molar-refractivity contribution in [3.8, 4) is 45.3 Å². The number of fused-ring (bicyclic) bond motifs is 4. The van der Waals surface area contributed by atoms with Crippen LogP contribution in [0.4, 0.5) is 0 Å². The van der Waals surface area contributed by atoms with E-state index in [1.807, 2.05) is 12.1 Å². The molecule has 2 aliphatic rings. The quantitative estimate of drug-likeness (QED) is 0.294. The number of allylic oxidation sites excluding steroid dienone is 1. The summed E-state index contributed by atoms with van der Waals surface area (Å²) in [6, 6.07) is 19.0. The highest BCUT2D eigenvalue weighted by atomic mass is 16.7. The third kappa shape index (κ3) is 3.29. The molecule has 0 aliphatic carbocycles. The fraction of sp³-hybridized carbons (Fsp3) is 0.167. The molecule has 1 N–H and O–H groups in total. The van der Waals surface area contributed by atoms with Gasteiger partial charge < -0.3 is 23.9 Å². The van der Waals surface area contributed by atoms with Gasteiger partial charge in [-0.15, -0.1) is 0 Å². The molecule has 1 aromatic heterocycles. The van der Waals surface area contributed by atoms with Crippen LogP contribution in [0.3, 0.4) is 0 Å². The third-order valence-corrected chi connectivity index (χ3v) is 7.00. The zero-order valence-electron chi connectivity index (χ0n) is 20.1. The standard InChI is InChI=1S/C30H24N2O4/c1-3-17(2)8-23-29(20-5-4-18-11-26-27(34-15-33-26)12-21(18)9-20)22(13-28-30(23)36-16-35-28)19-6-7-24-25(10-19)32-14-31-24/h4-14H,3,15-16H2,1-2H3,(H,31,32)/b17-8-. The smallest absolute Gasteiger partial charge is 0.231 e. The summed E-state index contributed by atoms with van der Waals surface area (Å²) < 4.78 is 23.1. The zero-order chi connectivity index (χ0) is 24.2. The van der Waals surface area contributed by atoms with Crippen LogP contribution in [0.5, 0.6) is 23.0 Å². The Morgan fingerprint density at radius 1 is 0.861 bits per heavy atom. The number of aromatic nitrogens is 2. The van der Waals surface area contributed by atoms with Gasteiger partial charge in [0.2, 0.25) is 13.6 Å². The molecule has 6 heteroatoms. The van der Waals surface area contributed by atoms with E-state index >= 15 is 0 Å². The molecule has 0 saturated carbocycles. The third-order valence-electron chi connectivity index (χ3n) is 7.00. The Balaban J connectivity index is 1.53. The largest absolute Gasteiger partial charge is 0.454 e. The van der Waals surface area contributed by atoms with Gasteiger partial charge in [0, 0.05) is 11.1 Å². The molecule has 4 aromatic carbocycles. The first-order valence-corrected chi connectivity index (χ1v) is 12.1. The van der Waals surface area contributed by atoms with Gasteiger partial charge in [-0.25, -0.2) is 4.98 Å². The highest BCUT2D eigenvalue weighted by Crippen LogP contribution is 2.49. The lowest BCUT2D eigenvalue weighted by molar-refractivity contribution is 0.173. The lowest BCUT2D eigenvalue weighted by atomic mass is 9.87. The van der Waals surface area contributed by atoms with Crippen LogP contribution < -0.4 is 18.9 Å². The Hall–Kier alpha value is -4.45. The number of imidazole rings is 1. The number of nitrogens with zero attached hydrogens (tertiary/aromatic N) is 1. The van der Waals surface area contributed by atoms with Crippen LogP contribution in [0.25, 0.3) is 50.1 Å². The van der Waals surface area contributed by atoms with E-state index in [4.69, 9.17) is 18.9 Å². The molecule has 6 nitrogen and oxygen atoms in total. The van der Waals surface area contributed by atoms with Crippen molar-refractivity contribution in [2.45, 2.75) is 20.3 Å². The van der Waals surface area contributed by atoms with E-state index in [2.05, 4.69) is 72.4 Å². The van der Waals surface area contributed by atoms with E-state index in [-0.39, 0.29) is 13.6 Å². The lowest BCUT2D eigenvalue weighted by Gasteiger charge is -2.18. The van der Waals surface area contributed by atoms with Gasteiger partial charge in [0.05, 0.1) is 17.4 Å². The second-order valence-corrected chi connectivity index (χ2v) is 9.19. The summed E-state index contributed by atoms with van der Waals surface area (Å²) in [5.41, 5.74) is 8.57. The molecule has 5 aromatic rings. The molecular formula is C30H24N2O4. The van der Waals surface area contributed by atoms with E-state index in [1.165, 1.54) is 5.57 Å². The van der Waals surface area contributed by atoms with Crippen molar-refractivity contribution in [2.75, 3.05) is 13.6 Å². The molecule has 7 rings (SSSR count). The Kier molecular flexibility index (Phi) is 4.67. The summed E-state index contributed by atoms with van der Waals surface area (Å²) >= 11 is 0. The van der Waals surface area contributed by atoms with Crippen molar-refractivity contribution in [3.63, 3.8) is 0 Å². The fourth-order valence-corrected chi connectivity index (χ4v) is 4.99. The van der Waals surface area contributed by atoms with Gasteiger partial charge in [-0.3, -0.25) is 0 Å². The van der Waals surface area contributed by atoms with Crippen LogP contribution in [0, 0.1) is 0 Å². The number of nitrogens with one attached hydrogen (secondary N) is 1. The Morgan fingerprint density at radius 3 is 2.50 bits per heavy atom. The van der Waals surface area contributed by atoms with Crippen LogP contribution in [0.15, 0.2) is 66.5 Å². The average Bonchev–Trinajstić information content (AvgIpc) is 3.66. The van der Waals surface area contributed by atoms with Crippen LogP contribution >= 0.6 is 0 Å². The first-order valence-electron chi connectivity index (χ1n) is 12.1. The number of H-pyrrole nitrogens is 1. The van der Waals surface area contributed by atoms with Crippen LogP contribution in [0.1, 0.15) is 25.8 Å². The molecule has 0 atom stereocenters. The molecule has 0 fully saturated rings. The van der Waals surface area contributed by atoms with E-state index in [0.29, 0.717) is 0 Å². The first kappa shape index (κ1) is 20.9. The number of rotatable bonds is 4. The van der Waals surface area contributed by atoms with Crippen LogP contribution in [0.2, 0.25) is 0 Å². The molecular weight excluding hydrogens is 452 g/mol. The Morgan fingerprint density at radius 2 is 1.64 bits per heavy atom. The lowest BCUT2D eigenvalue weighted by Crippen LogP contribution is -1.95. The molecule has 0 unspecified atom stereocenters. The van der Waals surface area contributed by atoms with Crippen molar-refractivity contribution in [1.29, 1.82) is 0 Å². The maximum Gasteiger partial charge on any atom is 0.231 e. The minimum absolute atomic E-state index is 0.213. The summed E-state index contributed by atoms with van der Waals surface area (Å²) in [7, 11) is 0. The van der Waals surface area contributed by atoms with Crippen molar-refractivity contribution in [3.05, 3.63) is 72.1 Å². The van der Waals surface area contributed by atoms with Gasteiger partial charge >= 0.3 is 0 Å². The Bertz CT molecular complexity index is 1700. The zero-order valence-corrected chi connectivity index (χ0v) is 20.1. The summed E-state index contributed by atoms with van der Waals surface area (Å²) in [6.07, 6.45) is 4.90. The molecule has 2 aliphatic heterocycles. The van der Waals surface area contributed by atoms with Gasteiger partial charge in [-0.2, -0.15) is 0 Å². The monoisotopic (exact) mass is 476 g/mol. The van der Waals surface area contributed by atoms with Gasteiger partial charge in [0.25, 0.3) is 0 Å². The molecule has 0 bridgehead atoms. The Labute approximate surface area is 208 Å². The van der Waals surface area contributed by atoms with Gasteiger partial charge in [0.1, 0.15) is 0 Å². The predicted octanol–water partition coefficient (Wildman–Crippen LogP) is 7.32. The van der Waals surface area contributed by atoms with Crippen molar-refractivity contribution < 1.29 is 18.9 Å². The summed E-state index contributed by atoms with van der Waals surface area (Å²) in [4.78, 5) is 7.63. The summed E-state index contributed by atoms with van der Waals surface area (Å²) in [5.74, 6) is 3.11. The number of hydrogen-bond acceptors (Lipinski definition) is 5. The SMILES string of the molecule is CC/C(C)=C\c1c2c(cc(-c3ccc4nc[nH]c4c3)c1-c1ccc3cc4c(cc3c1)OCO4)OCO2. The normalized spacial score (nSPS) is 14.2. The first-order chi connectivity index (χ1) is 17.7. The van der Waals surface area contributed by atoms with E-state index in [1.54, 1.807) is 6.33 Å². The van der Waals surface area contributed by atoms with E-state index in [0.717, 1.165) is 79.0 Å². The van der Waals surface area contributed by atoms with E-state index < -0.39 is 0 Å². The maximum atomic E-state index is 6.01. The molecule has 0 radical (unpaired) electrons. The maximum absolute atomic E-state index is 6.01. The molecule has 3 heterocycles. The van der Waals surface area contributed by atoms with Crippen LogP contribution in [-0.2, 0) is 0 Å². The molecule has 0 spiro atoms. The number of hydrogen-bond donors (Lipinski definition) is 1. The van der Waals surface area contributed by atoms with Crippen molar-refractivity contribution in [2.24, 2.45) is 0 Å². The summed E-state index contributed by atoms with van der Waals surface area (Å²) in [6.45, 7) is 4.78. The minimum atomic E-state index is 0.213. The minimum Gasteiger partial charge on any atom is -0.454 e. The van der Waals surface area contributed by atoms with Crippen molar-refractivity contribution >= 4 is 27.9 Å². The average molecular weight is 477 g/mol. The molecule has 178 valence electrons. The van der Waals surface area contributed by atoms with Crippen LogP contribution in [-0.4, -0.2) is 23.6 Å². The molecule has 0 saturated heterocycles. The van der Waals surface area contributed by atoms with Gasteiger partial charge in [0.15, 0.2) is 23.0 Å². The summed E-state index contributed by atoms with van der Waals surface area (Å²) in [5, 5.41) is 2.19. The number of ether oxygens (including phenoxy) is 4. The van der Waals surface area contributed by atoms with E-state index in [9.17, 15) is 0 Å². The van der Waals surface area contributed by atoms with Gasteiger partial charge in [-0.1, -0.05) is 36.8 Å². The number of aromatic amines is 1. The van der Waals surface area contributed by atoms with Crippen molar-refractivity contribution in [1.82, 2.24) is 9.97 Å². The highest BCUT2D eigenvalue weighted by Gasteiger charge is 2.25. The van der Waals surface area contributed by atoms with Gasteiger partial charge in [-0.05, 0) is 77.2 Å². The number of benzene rings is 4. The highest BCUT2D eigenvalue weighted by molar-refractivity contribution is 5.99.